The summed E-state index contributed by atoms with van der Waals surface area (Å²) in [6.45, 7) is 4.15. The first kappa shape index (κ1) is 14.1. The zero-order valence-electron chi connectivity index (χ0n) is 9.91. The van der Waals surface area contributed by atoms with Crippen molar-refractivity contribution in [3.05, 3.63) is 28.5 Å². The van der Waals surface area contributed by atoms with Crippen molar-refractivity contribution in [2.75, 3.05) is 19.8 Å². The molecule has 0 saturated carbocycles. The fourth-order valence-corrected chi connectivity index (χ4v) is 1.70. The van der Waals surface area contributed by atoms with Gasteiger partial charge in [0.15, 0.2) is 0 Å². The van der Waals surface area contributed by atoms with Crippen molar-refractivity contribution in [3.63, 3.8) is 0 Å². The maximum atomic E-state index is 11.7. The monoisotopic (exact) mass is 300 g/mol. The van der Waals surface area contributed by atoms with Gasteiger partial charge in [-0.15, -0.1) is 0 Å². The number of nitrogens with one attached hydrogen (secondary N) is 1. The van der Waals surface area contributed by atoms with Gasteiger partial charge in [-0.05, 0) is 40.9 Å². The second-order valence-corrected chi connectivity index (χ2v) is 4.31. The number of rotatable bonds is 7. The first-order valence-electron chi connectivity index (χ1n) is 5.72. The third-order valence-corrected chi connectivity index (χ3v) is 2.74. The van der Waals surface area contributed by atoms with Crippen LogP contribution in [-0.2, 0) is 4.74 Å². The largest absolute Gasteiger partial charge is 0.381 e. The standard InChI is InChI=1S/C12H17BrN2O2/c1-2-8-17-9-4-7-15-12(16)10-5-3-6-14-11(10)13/h3,5-6H,2,4,7-9H2,1H3,(H,15,16). The van der Waals surface area contributed by atoms with Crippen molar-refractivity contribution in [3.8, 4) is 0 Å². The molecule has 1 heterocycles. The molecular formula is C12H17BrN2O2. The van der Waals surface area contributed by atoms with E-state index in [1.54, 1.807) is 18.3 Å². The van der Waals surface area contributed by atoms with E-state index < -0.39 is 0 Å². The van der Waals surface area contributed by atoms with Gasteiger partial charge in [0.1, 0.15) is 4.60 Å². The third-order valence-electron chi connectivity index (χ3n) is 2.10. The highest BCUT2D eigenvalue weighted by atomic mass is 79.9. The van der Waals surface area contributed by atoms with Gasteiger partial charge in [-0.3, -0.25) is 4.79 Å². The van der Waals surface area contributed by atoms with Crippen LogP contribution in [0.4, 0.5) is 0 Å². The molecule has 0 aliphatic carbocycles. The minimum absolute atomic E-state index is 0.111. The smallest absolute Gasteiger partial charge is 0.254 e. The zero-order chi connectivity index (χ0) is 12.5. The molecule has 5 heteroatoms. The molecule has 0 atom stereocenters. The van der Waals surface area contributed by atoms with Gasteiger partial charge in [0.05, 0.1) is 5.56 Å². The number of nitrogens with zero attached hydrogens (tertiary/aromatic N) is 1. The number of hydrogen-bond acceptors (Lipinski definition) is 3. The molecule has 0 fully saturated rings. The number of ether oxygens (including phenoxy) is 1. The summed E-state index contributed by atoms with van der Waals surface area (Å²) in [4.78, 5) is 15.7. The molecule has 1 aromatic heterocycles. The first-order valence-corrected chi connectivity index (χ1v) is 6.51. The van der Waals surface area contributed by atoms with Crippen molar-refractivity contribution in [2.24, 2.45) is 0 Å². The Morgan fingerprint density at radius 3 is 3.06 bits per heavy atom. The highest BCUT2D eigenvalue weighted by Crippen LogP contribution is 2.11. The van der Waals surface area contributed by atoms with Gasteiger partial charge in [-0.2, -0.15) is 0 Å². The van der Waals surface area contributed by atoms with Crippen LogP contribution in [0.3, 0.4) is 0 Å². The highest BCUT2D eigenvalue weighted by Gasteiger charge is 2.08. The van der Waals surface area contributed by atoms with Crippen molar-refractivity contribution in [1.82, 2.24) is 10.3 Å². The van der Waals surface area contributed by atoms with Crippen LogP contribution >= 0.6 is 15.9 Å². The van der Waals surface area contributed by atoms with Crippen LogP contribution in [0, 0.1) is 0 Å². The first-order chi connectivity index (χ1) is 8.25. The molecule has 0 saturated heterocycles. The average molecular weight is 301 g/mol. The predicted molar refractivity (Wildman–Crippen MR) is 70.0 cm³/mol. The molecule has 1 amide bonds. The molecule has 0 aliphatic rings. The predicted octanol–water partition coefficient (Wildman–Crippen LogP) is 2.39. The van der Waals surface area contributed by atoms with E-state index in [1.807, 2.05) is 0 Å². The van der Waals surface area contributed by atoms with E-state index in [-0.39, 0.29) is 5.91 Å². The molecule has 0 radical (unpaired) electrons. The molecule has 0 aliphatic heterocycles. The van der Waals surface area contributed by atoms with E-state index in [0.29, 0.717) is 23.3 Å². The lowest BCUT2D eigenvalue weighted by Crippen LogP contribution is -2.25. The lowest BCUT2D eigenvalue weighted by molar-refractivity contribution is 0.0940. The fourth-order valence-electron chi connectivity index (χ4n) is 1.27. The number of pyridine rings is 1. The molecule has 4 nitrogen and oxygen atoms in total. The summed E-state index contributed by atoms with van der Waals surface area (Å²) < 4.78 is 5.89. The molecule has 0 bridgehead atoms. The molecule has 0 aromatic carbocycles. The lowest BCUT2D eigenvalue weighted by atomic mass is 10.2. The van der Waals surface area contributed by atoms with Crippen LogP contribution in [-0.4, -0.2) is 30.6 Å². The Bertz CT molecular complexity index is 358. The van der Waals surface area contributed by atoms with E-state index in [4.69, 9.17) is 4.74 Å². The van der Waals surface area contributed by atoms with Crippen LogP contribution < -0.4 is 5.32 Å². The van der Waals surface area contributed by atoms with Crippen molar-refractivity contribution in [1.29, 1.82) is 0 Å². The zero-order valence-corrected chi connectivity index (χ0v) is 11.5. The summed E-state index contributed by atoms with van der Waals surface area (Å²) >= 11 is 3.24. The number of carbonyl (C=O) groups excluding carboxylic acids is 1. The average Bonchev–Trinajstić information content (AvgIpc) is 2.34. The van der Waals surface area contributed by atoms with Gasteiger partial charge in [-0.25, -0.2) is 4.98 Å². The molecule has 0 unspecified atom stereocenters. The van der Waals surface area contributed by atoms with E-state index in [9.17, 15) is 4.79 Å². The lowest BCUT2D eigenvalue weighted by Gasteiger charge is -2.06. The number of carbonyl (C=O) groups is 1. The minimum atomic E-state index is -0.111. The van der Waals surface area contributed by atoms with Gasteiger partial charge >= 0.3 is 0 Å². The Balaban J connectivity index is 2.24. The van der Waals surface area contributed by atoms with Gasteiger partial charge in [0.25, 0.3) is 5.91 Å². The molecule has 1 aromatic rings. The summed E-state index contributed by atoms with van der Waals surface area (Å²) in [7, 11) is 0. The van der Waals surface area contributed by atoms with Gasteiger partial charge in [-0.1, -0.05) is 6.92 Å². The minimum Gasteiger partial charge on any atom is -0.381 e. The Kier molecular flexibility index (Phi) is 6.81. The van der Waals surface area contributed by atoms with Crippen LogP contribution in [0.25, 0.3) is 0 Å². The molecule has 17 heavy (non-hydrogen) atoms. The number of aromatic nitrogens is 1. The molecular weight excluding hydrogens is 284 g/mol. The van der Waals surface area contributed by atoms with E-state index in [2.05, 4.69) is 33.2 Å². The quantitative estimate of drug-likeness (QED) is 0.621. The summed E-state index contributed by atoms with van der Waals surface area (Å²) in [6, 6.07) is 3.48. The van der Waals surface area contributed by atoms with Gasteiger partial charge in [0.2, 0.25) is 0 Å². The molecule has 1 N–H and O–H groups in total. The maximum Gasteiger partial charge on any atom is 0.254 e. The van der Waals surface area contributed by atoms with Gasteiger partial charge < -0.3 is 10.1 Å². The van der Waals surface area contributed by atoms with E-state index in [1.165, 1.54) is 0 Å². The van der Waals surface area contributed by atoms with Crippen molar-refractivity contribution in [2.45, 2.75) is 19.8 Å². The summed E-state index contributed by atoms with van der Waals surface area (Å²) in [5, 5.41) is 2.83. The summed E-state index contributed by atoms with van der Waals surface area (Å²) in [5.41, 5.74) is 0.557. The van der Waals surface area contributed by atoms with Crippen molar-refractivity contribution < 1.29 is 9.53 Å². The Morgan fingerprint density at radius 2 is 2.35 bits per heavy atom. The Morgan fingerprint density at radius 1 is 1.53 bits per heavy atom. The summed E-state index contributed by atoms with van der Waals surface area (Å²) in [6.07, 6.45) is 3.48. The summed E-state index contributed by atoms with van der Waals surface area (Å²) in [5.74, 6) is -0.111. The third kappa shape index (κ3) is 5.28. The van der Waals surface area contributed by atoms with Crippen LogP contribution in [0.1, 0.15) is 30.1 Å². The van der Waals surface area contributed by atoms with Gasteiger partial charge in [0, 0.05) is 26.0 Å². The maximum absolute atomic E-state index is 11.7. The number of hydrogen-bond donors (Lipinski definition) is 1. The molecule has 94 valence electrons. The molecule has 1 rings (SSSR count). The number of amides is 1. The Labute approximate surface area is 110 Å². The topological polar surface area (TPSA) is 51.2 Å². The van der Waals surface area contributed by atoms with Crippen LogP contribution in [0.15, 0.2) is 22.9 Å². The second-order valence-electron chi connectivity index (χ2n) is 3.56. The van der Waals surface area contributed by atoms with E-state index in [0.717, 1.165) is 19.4 Å². The van der Waals surface area contributed by atoms with Crippen molar-refractivity contribution >= 4 is 21.8 Å². The van der Waals surface area contributed by atoms with Crippen LogP contribution in [0.2, 0.25) is 0 Å². The molecule has 0 spiro atoms. The Hall–Kier alpha value is -0.940. The highest BCUT2D eigenvalue weighted by molar-refractivity contribution is 9.10. The van der Waals surface area contributed by atoms with E-state index >= 15 is 0 Å². The second kappa shape index (κ2) is 8.20. The SMILES string of the molecule is CCCOCCCNC(=O)c1cccnc1Br. The number of halogens is 1. The van der Waals surface area contributed by atoms with Crippen LogP contribution in [0.5, 0.6) is 0 Å². The fraction of sp³-hybridized carbons (Fsp3) is 0.500. The normalized spacial score (nSPS) is 10.2.